The molecule has 0 aliphatic heterocycles. The molecule has 102 valence electrons. The smallest absolute Gasteiger partial charge is 0.408 e. The normalized spacial score (nSPS) is 24.4. The molecule has 0 saturated heterocycles. The van der Waals surface area contributed by atoms with Gasteiger partial charge in [-0.3, -0.25) is 0 Å². The van der Waals surface area contributed by atoms with E-state index in [1.165, 1.54) is 7.11 Å². The summed E-state index contributed by atoms with van der Waals surface area (Å²) < 4.78 is 9.79. The average Bonchev–Trinajstić information content (AvgIpc) is 3.08. The van der Waals surface area contributed by atoms with Crippen molar-refractivity contribution in [2.24, 2.45) is 5.92 Å². The van der Waals surface area contributed by atoms with E-state index in [1.54, 1.807) is 0 Å². The van der Waals surface area contributed by atoms with Crippen LogP contribution in [-0.2, 0) is 20.9 Å². The summed E-state index contributed by atoms with van der Waals surface area (Å²) in [5.41, 5.74) is -0.00341. The highest BCUT2D eigenvalue weighted by Crippen LogP contribution is 2.43. The van der Waals surface area contributed by atoms with Crippen molar-refractivity contribution in [2.75, 3.05) is 7.11 Å². The summed E-state index contributed by atoms with van der Waals surface area (Å²) >= 11 is 0. The number of ether oxygens (including phenoxy) is 2. The molecule has 1 fully saturated rings. The third-order valence-electron chi connectivity index (χ3n) is 3.40. The Bertz CT molecular complexity index is 474. The minimum absolute atomic E-state index is 0.0734. The van der Waals surface area contributed by atoms with Crippen molar-refractivity contribution in [3.8, 4) is 0 Å². The van der Waals surface area contributed by atoms with Crippen molar-refractivity contribution in [3.05, 3.63) is 35.9 Å². The van der Waals surface area contributed by atoms with Crippen LogP contribution >= 0.6 is 0 Å². The van der Waals surface area contributed by atoms with Gasteiger partial charge in [0.15, 0.2) is 0 Å². The zero-order chi connectivity index (χ0) is 13.9. The Kier molecular flexibility index (Phi) is 3.74. The number of hydrogen-bond donors (Lipinski definition) is 1. The lowest BCUT2D eigenvalue weighted by molar-refractivity contribution is -0.144. The van der Waals surface area contributed by atoms with E-state index in [9.17, 15) is 9.59 Å². The summed E-state index contributed by atoms with van der Waals surface area (Å²) in [6.45, 7) is 2.06. The van der Waals surface area contributed by atoms with Gasteiger partial charge in [0.25, 0.3) is 0 Å². The maximum absolute atomic E-state index is 11.7. The highest BCUT2D eigenvalue weighted by Gasteiger charge is 2.60. The van der Waals surface area contributed by atoms with E-state index in [2.05, 4.69) is 5.32 Å². The Morgan fingerprint density at radius 2 is 2.00 bits per heavy atom. The number of methoxy groups -OCH3 is 1. The van der Waals surface area contributed by atoms with Crippen LogP contribution in [0.25, 0.3) is 0 Å². The van der Waals surface area contributed by atoms with Crippen LogP contribution in [0.3, 0.4) is 0 Å². The van der Waals surface area contributed by atoms with Crippen LogP contribution in [0.4, 0.5) is 4.79 Å². The first-order valence-electron chi connectivity index (χ1n) is 6.16. The third-order valence-corrected chi connectivity index (χ3v) is 3.40. The van der Waals surface area contributed by atoms with E-state index in [0.717, 1.165) is 5.56 Å². The molecule has 2 rings (SSSR count). The number of amides is 1. The summed E-state index contributed by atoms with van der Waals surface area (Å²) in [4.78, 5) is 23.3. The largest absolute Gasteiger partial charge is 0.467 e. The van der Waals surface area contributed by atoms with Crippen LogP contribution in [0.5, 0.6) is 0 Å². The third kappa shape index (κ3) is 2.86. The summed E-state index contributed by atoms with van der Waals surface area (Å²) in [6, 6.07) is 9.36. The number of alkyl carbamates (subject to hydrolysis) is 1. The van der Waals surface area contributed by atoms with Gasteiger partial charge in [0, 0.05) is 0 Å². The molecule has 0 unspecified atom stereocenters. The maximum atomic E-state index is 11.7. The number of hydrogen-bond acceptors (Lipinski definition) is 4. The number of esters is 1. The topological polar surface area (TPSA) is 64.6 Å². The molecule has 19 heavy (non-hydrogen) atoms. The predicted molar refractivity (Wildman–Crippen MR) is 68.3 cm³/mol. The standard InChI is InChI=1S/C14H17NO4/c1-10-8-14(10,12(16)18-2)15-13(17)19-9-11-6-4-3-5-7-11/h3-7,10H,8-9H2,1-2H3,(H,15,17)/t10-,14-/m1/s1. The van der Waals surface area contributed by atoms with Gasteiger partial charge in [-0.05, 0) is 17.9 Å². The summed E-state index contributed by atoms with van der Waals surface area (Å²) in [7, 11) is 1.31. The lowest BCUT2D eigenvalue weighted by Crippen LogP contribution is -2.45. The second-order valence-electron chi connectivity index (χ2n) is 4.75. The molecule has 1 saturated carbocycles. The highest BCUT2D eigenvalue weighted by atomic mass is 16.6. The van der Waals surface area contributed by atoms with Gasteiger partial charge in [0.05, 0.1) is 7.11 Å². The average molecular weight is 263 g/mol. The molecule has 1 aromatic carbocycles. The Morgan fingerprint density at radius 1 is 1.37 bits per heavy atom. The maximum Gasteiger partial charge on any atom is 0.408 e. The lowest BCUT2D eigenvalue weighted by Gasteiger charge is -2.16. The van der Waals surface area contributed by atoms with Gasteiger partial charge in [-0.25, -0.2) is 9.59 Å². The van der Waals surface area contributed by atoms with Gasteiger partial charge in [0.1, 0.15) is 12.1 Å². The summed E-state index contributed by atoms with van der Waals surface area (Å²) in [6.07, 6.45) is -0.0151. The molecule has 1 aliphatic rings. The predicted octanol–water partition coefficient (Wildman–Crippen LogP) is 1.86. The van der Waals surface area contributed by atoms with Crippen LogP contribution in [-0.4, -0.2) is 24.7 Å². The Hall–Kier alpha value is -2.04. The van der Waals surface area contributed by atoms with E-state index in [0.29, 0.717) is 6.42 Å². The highest BCUT2D eigenvalue weighted by molar-refractivity contribution is 5.89. The molecule has 0 bridgehead atoms. The van der Waals surface area contributed by atoms with Crippen molar-refractivity contribution in [3.63, 3.8) is 0 Å². The van der Waals surface area contributed by atoms with Gasteiger partial charge in [0.2, 0.25) is 0 Å². The second-order valence-corrected chi connectivity index (χ2v) is 4.75. The van der Waals surface area contributed by atoms with Crippen molar-refractivity contribution < 1.29 is 19.1 Å². The lowest BCUT2D eigenvalue weighted by atomic mass is 10.2. The number of rotatable bonds is 4. The zero-order valence-electron chi connectivity index (χ0n) is 11.0. The molecular formula is C14H17NO4. The minimum atomic E-state index is -0.900. The Labute approximate surface area is 111 Å². The van der Waals surface area contributed by atoms with Crippen LogP contribution < -0.4 is 5.32 Å². The molecule has 5 nitrogen and oxygen atoms in total. The molecule has 0 aromatic heterocycles. The Balaban J connectivity index is 1.86. The molecular weight excluding hydrogens is 246 g/mol. The molecule has 5 heteroatoms. The van der Waals surface area contributed by atoms with E-state index in [1.807, 2.05) is 37.3 Å². The Morgan fingerprint density at radius 3 is 2.53 bits per heavy atom. The SMILES string of the molecule is COC(=O)[C@@]1(NC(=O)OCc2ccccc2)C[C@H]1C. The summed E-state index contributed by atoms with van der Waals surface area (Å²) in [5.74, 6) is -0.346. The van der Waals surface area contributed by atoms with Crippen molar-refractivity contribution in [1.82, 2.24) is 5.32 Å². The molecule has 1 aromatic rings. The van der Waals surface area contributed by atoms with Gasteiger partial charge in [-0.2, -0.15) is 0 Å². The van der Waals surface area contributed by atoms with E-state index >= 15 is 0 Å². The molecule has 1 amide bonds. The van der Waals surface area contributed by atoms with Crippen LogP contribution in [0.2, 0.25) is 0 Å². The second kappa shape index (κ2) is 5.30. The van der Waals surface area contributed by atoms with Crippen LogP contribution in [0, 0.1) is 5.92 Å². The van der Waals surface area contributed by atoms with Crippen molar-refractivity contribution in [2.45, 2.75) is 25.5 Å². The molecule has 0 spiro atoms. The quantitative estimate of drug-likeness (QED) is 0.842. The fraction of sp³-hybridized carbons (Fsp3) is 0.429. The van der Waals surface area contributed by atoms with Crippen LogP contribution in [0.1, 0.15) is 18.9 Å². The number of carbonyl (C=O) groups excluding carboxylic acids is 2. The number of benzene rings is 1. The van der Waals surface area contributed by atoms with E-state index in [-0.39, 0.29) is 12.5 Å². The fourth-order valence-electron chi connectivity index (χ4n) is 2.06. The number of nitrogens with one attached hydrogen (secondary N) is 1. The molecule has 2 atom stereocenters. The first kappa shape index (κ1) is 13.4. The van der Waals surface area contributed by atoms with Crippen molar-refractivity contribution in [1.29, 1.82) is 0 Å². The molecule has 0 heterocycles. The first-order valence-corrected chi connectivity index (χ1v) is 6.16. The molecule has 1 aliphatic carbocycles. The van der Waals surface area contributed by atoms with Crippen LogP contribution in [0.15, 0.2) is 30.3 Å². The van der Waals surface area contributed by atoms with E-state index in [4.69, 9.17) is 9.47 Å². The van der Waals surface area contributed by atoms with E-state index < -0.39 is 17.6 Å². The van der Waals surface area contributed by atoms with Gasteiger partial charge < -0.3 is 14.8 Å². The van der Waals surface area contributed by atoms with Crippen molar-refractivity contribution >= 4 is 12.1 Å². The zero-order valence-corrected chi connectivity index (χ0v) is 11.0. The van der Waals surface area contributed by atoms with Gasteiger partial charge in [-0.1, -0.05) is 37.3 Å². The summed E-state index contributed by atoms with van der Waals surface area (Å²) in [5, 5.41) is 2.60. The number of carbonyl (C=O) groups is 2. The first-order chi connectivity index (χ1) is 9.08. The minimum Gasteiger partial charge on any atom is -0.467 e. The molecule has 0 radical (unpaired) electrons. The molecule has 1 N–H and O–H groups in total. The van der Waals surface area contributed by atoms with Gasteiger partial charge in [-0.15, -0.1) is 0 Å². The monoisotopic (exact) mass is 263 g/mol. The van der Waals surface area contributed by atoms with Gasteiger partial charge >= 0.3 is 12.1 Å². The fourth-order valence-corrected chi connectivity index (χ4v) is 2.06.